The van der Waals surface area contributed by atoms with Crippen molar-refractivity contribution >= 4 is 11.2 Å². The third-order valence-electron chi connectivity index (χ3n) is 3.70. The molecule has 0 bridgehead atoms. The van der Waals surface area contributed by atoms with Crippen molar-refractivity contribution in [1.29, 1.82) is 0 Å². The van der Waals surface area contributed by atoms with Crippen molar-refractivity contribution in [3.8, 4) is 5.69 Å². The predicted octanol–water partition coefficient (Wildman–Crippen LogP) is 3.55. The summed E-state index contributed by atoms with van der Waals surface area (Å²) >= 11 is 0. The van der Waals surface area contributed by atoms with Gasteiger partial charge in [0.05, 0.1) is 11.9 Å². The summed E-state index contributed by atoms with van der Waals surface area (Å²) in [4.78, 5) is 13.2. The Labute approximate surface area is 132 Å². The fraction of sp³-hybridized carbons (Fsp3) is 0.0556. The second-order valence-corrected chi connectivity index (χ2v) is 5.19. The summed E-state index contributed by atoms with van der Waals surface area (Å²) in [5.41, 5.74) is 2.99. The van der Waals surface area contributed by atoms with Gasteiger partial charge in [0.25, 0.3) is 0 Å². The Morgan fingerprint density at radius 3 is 2.65 bits per heavy atom. The zero-order chi connectivity index (χ0) is 15.6. The van der Waals surface area contributed by atoms with Crippen LogP contribution in [0.2, 0.25) is 0 Å². The summed E-state index contributed by atoms with van der Waals surface area (Å²) in [7, 11) is 0. The van der Waals surface area contributed by atoms with Gasteiger partial charge in [0.2, 0.25) is 0 Å². The molecule has 3 heterocycles. The average Bonchev–Trinajstić information content (AvgIpc) is 2.95. The first-order valence-electron chi connectivity index (χ1n) is 7.29. The molecular formula is C18H13FN4. The number of hydrogen-bond acceptors (Lipinski definition) is 3. The lowest BCUT2D eigenvalue weighted by atomic mass is 10.1. The molecule has 112 valence electrons. The van der Waals surface area contributed by atoms with Crippen LogP contribution >= 0.6 is 0 Å². The minimum absolute atomic E-state index is 0.231. The zero-order valence-electron chi connectivity index (χ0n) is 12.2. The van der Waals surface area contributed by atoms with Gasteiger partial charge in [0, 0.05) is 18.8 Å². The SMILES string of the molecule is Fc1ccccc1Cc1nc2cccnc2n1-c1cccnc1. The number of halogens is 1. The summed E-state index contributed by atoms with van der Waals surface area (Å²) in [6, 6.07) is 14.3. The van der Waals surface area contributed by atoms with E-state index in [2.05, 4.69) is 15.0 Å². The van der Waals surface area contributed by atoms with Crippen LogP contribution in [0.1, 0.15) is 11.4 Å². The van der Waals surface area contributed by atoms with Crippen LogP contribution < -0.4 is 0 Å². The van der Waals surface area contributed by atoms with E-state index >= 15 is 0 Å². The molecular weight excluding hydrogens is 291 g/mol. The Kier molecular flexibility index (Phi) is 3.31. The van der Waals surface area contributed by atoms with Crippen molar-refractivity contribution in [3.63, 3.8) is 0 Å². The first-order chi connectivity index (χ1) is 11.3. The van der Waals surface area contributed by atoms with Crippen LogP contribution in [0, 0.1) is 5.82 Å². The number of rotatable bonds is 3. The third kappa shape index (κ3) is 2.46. The molecule has 3 aromatic heterocycles. The lowest BCUT2D eigenvalue weighted by Gasteiger charge is -2.08. The van der Waals surface area contributed by atoms with E-state index in [1.54, 1.807) is 30.7 Å². The molecule has 4 nitrogen and oxygen atoms in total. The Hall–Kier alpha value is -3.08. The highest BCUT2D eigenvalue weighted by Gasteiger charge is 2.15. The Balaban J connectivity index is 1.91. The van der Waals surface area contributed by atoms with Gasteiger partial charge in [-0.05, 0) is 35.9 Å². The van der Waals surface area contributed by atoms with E-state index in [4.69, 9.17) is 0 Å². The van der Waals surface area contributed by atoms with Gasteiger partial charge in [-0.25, -0.2) is 14.4 Å². The molecule has 0 radical (unpaired) electrons. The topological polar surface area (TPSA) is 43.6 Å². The number of nitrogens with zero attached hydrogens (tertiary/aromatic N) is 4. The molecule has 5 heteroatoms. The highest BCUT2D eigenvalue weighted by Crippen LogP contribution is 2.22. The van der Waals surface area contributed by atoms with Crippen LogP contribution in [-0.4, -0.2) is 19.5 Å². The molecule has 0 aliphatic rings. The number of fused-ring (bicyclic) bond motifs is 1. The van der Waals surface area contributed by atoms with Gasteiger partial charge in [0.1, 0.15) is 17.2 Å². The van der Waals surface area contributed by atoms with E-state index in [1.165, 1.54) is 6.07 Å². The summed E-state index contributed by atoms with van der Waals surface area (Å²) < 4.78 is 15.9. The van der Waals surface area contributed by atoms with Crippen LogP contribution in [-0.2, 0) is 6.42 Å². The van der Waals surface area contributed by atoms with Gasteiger partial charge in [-0.1, -0.05) is 18.2 Å². The Bertz CT molecular complexity index is 963. The minimum Gasteiger partial charge on any atom is -0.279 e. The normalized spacial score (nSPS) is 11.0. The molecule has 0 aliphatic heterocycles. The molecule has 4 aromatic rings. The minimum atomic E-state index is -0.231. The van der Waals surface area contributed by atoms with Gasteiger partial charge in [0.15, 0.2) is 5.65 Å². The highest BCUT2D eigenvalue weighted by atomic mass is 19.1. The second-order valence-electron chi connectivity index (χ2n) is 5.19. The largest absolute Gasteiger partial charge is 0.279 e. The Morgan fingerprint density at radius 2 is 1.83 bits per heavy atom. The molecule has 0 aliphatic carbocycles. The molecule has 0 unspecified atom stereocenters. The molecule has 1 aromatic carbocycles. The van der Waals surface area contributed by atoms with Crippen LogP contribution in [0.15, 0.2) is 67.1 Å². The lowest BCUT2D eigenvalue weighted by molar-refractivity contribution is 0.611. The molecule has 0 saturated carbocycles. The molecule has 0 saturated heterocycles. The number of benzene rings is 1. The van der Waals surface area contributed by atoms with Gasteiger partial charge >= 0.3 is 0 Å². The van der Waals surface area contributed by atoms with E-state index in [0.29, 0.717) is 12.0 Å². The molecule has 0 N–H and O–H groups in total. The monoisotopic (exact) mass is 304 g/mol. The molecule has 0 fully saturated rings. The van der Waals surface area contributed by atoms with Crippen molar-refractivity contribution in [1.82, 2.24) is 19.5 Å². The highest BCUT2D eigenvalue weighted by molar-refractivity contribution is 5.73. The smallest absolute Gasteiger partial charge is 0.164 e. The van der Waals surface area contributed by atoms with E-state index in [-0.39, 0.29) is 5.82 Å². The quantitative estimate of drug-likeness (QED) is 0.581. The summed E-state index contributed by atoms with van der Waals surface area (Å²) in [5, 5.41) is 0. The van der Waals surface area contributed by atoms with Gasteiger partial charge in [-0.15, -0.1) is 0 Å². The van der Waals surface area contributed by atoms with E-state index in [0.717, 1.165) is 22.7 Å². The van der Waals surface area contributed by atoms with Crippen LogP contribution in [0.3, 0.4) is 0 Å². The number of hydrogen-bond donors (Lipinski definition) is 0. The van der Waals surface area contributed by atoms with Crippen molar-refractivity contribution in [2.24, 2.45) is 0 Å². The molecule has 0 amide bonds. The average molecular weight is 304 g/mol. The predicted molar refractivity (Wildman–Crippen MR) is 85.9 cm³/mol. The maximum absolute atomic E-state index is 14.0. The molecule has 23 heavy (non-hydrogen) atoms. The molecule has 4 rings (SSSR count). The summed E-state index contributed by atoms with van der Waals surface area (Å²) in [6.07, 6.45) is 5.58. The van der Waals surface area contributed by atoms with E-state index in [9.17, 15) is 4.39 Å². The Morgan fingerprint density at radius 1 is 0.957 bits per heavy atom. The summed E-state index contributed by atoms with van der Waals surface area (Å²) in [6.45, 7) is 0. The number of aromatic nitrogens is 4. The molecule has 0 spiro atoms. The first kappa shape index (κ1) is 13.6. The van der Waals surface area contributed by atoms with Gasteiger partial charge in [-0.2, -0.15) is 0 Å². The van der Waals surface area contributed by atoms with Crippen LogP contribution in [0.4, 0.5) is 4.39 Å². The molecule has 0 atom stereocenters. The van der Waals surface area contributed by atoms with Crippen molar-refractivity contribution in [2.45, 2.75) is 6.42 Å². The van der Waals surface area contributed by atoms with Crippen molar-refractivity contribution in [2.75, 3.05) is 0 Å². The van der Waals surface area contributed by atoms with Gasteiger partial charge in [-0.3, -0.25) is 9.55 Å². The first-order valence-corrected chi connectivity index (χ1v) is 7.29. The van der Waals surface area contributed by atoms with Crippen molar-refractivity contribution < 1.29 is 4.39 Å². The summed E-state index contributed by atoms with van der Waals surface area (Å²) in [5.74, 6) is 0.502. The number of imidazole rings is 1. The zero-order valence-corrected chi connectivity index (χ0v) is 12.2. The standard InChI is InChI=1S/C18H13FN4/c19-15-7-2-1-5-13(15)11-17-22-16-8-4-10-21-18(16)23(17)14-6-3-9-20-12-14/h1-10,12H,11H2. The van der Waals surface area contributed by atoms with Gasteiger partial charge < -0.3 is 0 Å². The lowest BCUT2D eigenvalue weighted by Crippen LogP contribution is -2.04. The number of pyridine rings is 2. The van der Waals surface area contributed by atoms with E-state index in [1.807, 2.05) is 34.9 Å². The van der Waals surface area contributed by atoms with E-state index < -0.39 is 0 Å². The van der Waals surface area contributed by atoms with Crippen LogP contribution in [0.25, 0.3) is 16.9 Å². The fourth-order valence-electron chi connectivity index (χ4n) is 2.65. The fourth-order valence-corrected chi connectivity index (χ4v) is 2.65. The van der Waals surface area contributed by atoms with Crippen LogP contribution in [0.5, 0.6) is 0 Å². The third-order valence-corrected chi connectivity index (χ3v) is 3.70. The maximum Gasteiger partial charge on any atom is 0.164 e. The van der Waals surface area contributed by atoms with Crippen molar-refractivity contribution in [3.05, 3.63) is 84.3 Å². The maximum atomic E-state index is 14.0. The second kappa shape index (κ2) is 5.61.